The van der Waals surface area contributed by atoms with E-state index in [0.29, 0.717) is 23.4 Å². The summed E-state index contributed by atoms with van der Waals surface area (Å²) in [6.07, 6.45) is -0.0352. The van der Waals surface area contributed by atoms with E-state index < -0.39 is 12.1 Å². The third-order valence-corrected chi connectivity index (χ3v) is 2.71. The van der Waals surface area contributed by atoms with Gasteiger partial charge in [0.05, 0.1) is 32.1 Å². The Morgan fingerprint density at radius 2 is 1.90 bits per heavy atom. The van der Waals surface area contributed by atoms with E-state index in [1.165, 1.54) is 14.2 Å². The third-order valence-electron chi connectivity index (χ3n) is 2.71. The van der Waals surface area contributed by atoms with Gasteiger partial charge in [0, 0.05) is 6.07 Å². The van der Waals surface area contributed by atoms with Gasteiger partial charge in [-0.2, -0.15) is 0 Å². The van der Waals surface area contributed by atoms with E-state index in [1.54, 1.807) is 19.1 Å². The molecule has 0 fully saturated rings. The van der Waals surface area contributed by atoms with Crippen LogP contribution in [0.15, 0.2) is 12.1 Å². The maximum absolute atomic E-state index is 11.9. The predicted octanol–water partition coefficient (Wildman–Crippen LogP) is 2.61. The summed E-state index contributed by atoms with van der Waals surface area (Å²) in [6, 6.07) is 3.30. The Balaban J connectivity index is 3.28. The number of nitrogens with one attached hydrogen (secondary N) is 1. The molecule has 0 aliphatic carbocycles. The first-order valence-corrected chi connectivity index (χ1v) is 6.30. The quantitative estimate of drug-likeness (QED) is 0.840. The Morgan fingerprint density at radius 1 is 1.20 bits per heavy atom. The van der Waals surface area contributed by atoms with E-state index in [2.05, 4.69) is 5.32 Å². The van der Waals surface area contributed by atoms with Crippen molar-refractivity contribution < 1.29 is 23.8 Å². The predicted molar refractivity (Wildman–Crippen MR) is 74.4 cm³/mol. The van der Waals surface area contributed by atoms with Gasteiger partial charge in [0.1, 0.15) is 5.75 Å². The number of rotatable bonds is 5. The average Bonchev–Trinajstić information content (AvgIpc) is 2.45. The van der Waals surface area contributed by atoms with E-state index >= 15 is 0 Å². The Kier molecular flexibility index (Phi) is 5.83. The molecule has 1 aromatic rings. The monoisotopic (exact) mass is 281 g/mol. The summed E-state index contributed by atoms with van der Waals surface area (Å²) in [6.45, 7) is 3.84. The van der Waals surface area contributed by atoms with Crippen LogP contribution in [0, 0.1) is 0 Å². The molecule has 1 rings (SSSR count). The van der Waals surface area contributed by atoms with Crippen LogP contribution in [0.4, 0.5) is 10.5 Å². The highest BCUT2D eigenvalue weighted by atomic mass is 16.5. The van der Waals surface area contributed by atoms with Gasteiger partial charge in [-0.25, -0.2) is 9.59 Å². The van der Waals surface area contributed by atoms with E-state index in [-0.39, 0.29) is 6.61 Å². The van der Waals surface area contributed by atoms with Crippen molar-refractivity contribution in [2.75, 3.05) is 26.1 Å². The lowest BCUT2D eigenvalue weighted by atomic mass is 10.0. The molecule has 1 aromatic carbocycles. The number of esters is 1. The zero-order valence-electron chi connectivity index (χ0n) is 12.1. The molecule has 20 heavy (non-hydrogen) atoms. The second kappa shape index (κ2) is 7.37. The number of methoxy groups -OCH3 is 2. The molecule has 1 N–H and O–H groups in total. The van der Waals surface area contributed by atoms with Gasteiger partial charge in [-0.05, 0) is 25.0 Å². The number of benzene rings is 1. The van der Waals surface area contributed by atoms with Crippen molar-refractivity contribution in [2.24, 2.45) is 0 Å². The summed E-state index contributed by atoms with van der Waals surface area (Å²) in [7, 11) is 2.81. The first-order valence-electron chi connectivity index (χ1n) is 6.30. The van der Waals surface area contributed by atoms with Gasteiger partial charge in [0.15, 0.2) is 0 Å². The standard InChI is InChI=1S/C14H19NO5/c1-5-9-7-10(18-3)8-11(12(9)13(16)19-4)15-14(17)20-6-2/h7-8H,5-6H2,1-4H3,(H,15,17). The molecule has 0 aromatic heterocycles. The van der Waals surface area contributed by atoms with Crippen LogP contribution in [0.5, 0.6) is 5.75 Å². The third kappa shape index (κ3) is 3.63. The summed E-state index contributed by atoms with van der Waals surface area (Å²) < 4.78 is 14.7. The average molecular weight is 281 g/mol. The van der Waals surface area contributed by atoms with E-state index in [9.17, 15) is 9.59 Å². The summed E-state index contributed by atoms with van der Waals surface area (Å²) in [5, 5.41) is 2.53. The Morgan fingerprint density at radius 3 is 2.40 bits per heavy atom. The summed E-state index contributed by atoms with van der Waals surface area (Å²) in [5.41, 5.74) is 1.35. The molecular weight excluding hydrogens is 262 g/mol. The van der Waals surface area contributed by atoms with Gasteiger partial charge in [-0.1, -0.05) is 6.92 Å². The van der Waals surface area contributed by atoms with E-state index in [0.717, 1.165) is 5.56 Å². The summed E-state index contributed by atoms with van der Waals surface area (Å²) in [5.74, 6) is 0.0256. The zero-order valence-corrected chi connectivity index (χ0v) is 12.1. The number of aryl methyl sites for hydroxylation is 1. The molecule has 0 saturated carbocycles. The molecular formula is C14H19NO5. The largest absolute Gasteiger partial charge is 0.497 e. The van der Waals surface area contributed by atoms with E-state index in [4.69, 9.17) is 14.2 Å². The number of anilines is 1. The van der Waals surface area contributed by atoms with Crippen LogP contribution in [-0.4, -0.2) is 32.9 Å². The number of hydrogen-bond donors (Lipinski definition) is 1. The first kappa shape index (κ1) is 15.8. The summed E-state index contributed by atoms with van der Waals surface area (Å²) >= 11 is 0. The fraction of sp³-hybridized carbons (Fsp3) is 0.429. The van der Waals surface area contributed by atoms with Gasteiger partial charge >= 0.3 is 12.1 Å². The molecule has 1 amide bonds. The van der Waals surface area contributed by atoms with Crippen molar-refractivity contribution in [3.05, 3.63) is 23.3 Å². The van der Waals surface area contributed by atoms with Crippen LogP contribution in [0.1, 0.15) is 29.8 Å². The lowest BCUT2D eigenvalue weighted by molar-refractivity contribution is 0.0600. The van der Waals surface area contributed by atoms with Crippen molar-refractivity contribution >= 4 is 17.7 Å². The van der Waals surface area contributed by atoms with Gasteiger partial charge in [0.25, 0.3) is 0 Å². The van der Waals surface area contributed by atoms with Crippen LogP contribution >= 0.6 is 0 Å². The minimum Gasteiger partial charge on any atom is -0.497 e. The van der Waals surface area contributed by atoms with Gasteiger partial charge in [0.2, 0.25) is 0 Å². The topological polar surface area (TPSA) is 73.9 Å². The molecule has 110 valence electrons. The van der Waals surface area contributed by atoms with Crippen LogP contribution in [0.2, 0.25) is 0 Å². The van der Waals surface area contributed by atoms with Gasteiger partial charge < -0.3 is 14.2 Å². The maximum atomic E-state index is 11.9. The van der Waals surface area contributed by atoms with Gasteiger partial charge in [-0.15, -0.1) is 0 Å². The smallest absolute Gasteiger partial charge is 0.411 e. The number of carbonyl (C=O) groups is 2. The molecule has 0 aliphatic heterocycles. The van der Waals surface area contributed by atoms with Crippen molar-refractivity contribution in [3.8, 4) is 5.75 Å². The fourth-order valence-corrected chi connectivity index (χ4v) is 1.79. The molecule has 0 spiro atoms. The maximum Gasteiger partial charge on any atom is 0.411 e. The van der Waals surface area contributed by atoms with Crippen molar-refractivity contribution in [1.29, 1.82) is 0 Å². The molecule has 0 saturated heterocycles. The van der Waals surface area contributed by atoms with Crippen LogP contribution < -0.4 is 10.1 Å². The zero-order chi connectivity index (χ0) is 15.1. The van der Waals surface area contributed by atoms with Crippen molar-refractivity contribution in [1.82, 2.24) is 0 Å². The van der Waals surface area contributed by atoms with Crippen molar-refractivity contribution in [2.45, 2.75) is 20.3 Å². The molecule has 0 atom stereocenters. The number of hydrogen-bond acceptors (Lipinski definition) is 5. The molecule has 0 bridgehead atoms. The minimum atomic E-state index is -0.632. The highest BCUT2D eigenvalue weighted by Gasteiger charge is 2.20. The molecule has 6 nitrogen and oxygen atoms in total. The number of ether oxygens (including phenoxy) is 3. The Bertz CT molecular complexity index is 499. The fourth-order valence-electron chi connectivity index (χ4n) is 1.79. The normalized spacial score (nSPS) is 9.80. The highest BCUT2D eigenvalue weighted by molar-refractivity contribution is 6.01. The Hall–Kier alpha value is -2.24. The second-order valence-corrected chi connectivity index (χ2v) is 3.90. The minimum absolute atomic E-state index is 0.240. The lowest BCUT2D eigenvalue weighted by Crippen LogP contribution is -2.18. The van der Waals surface area contributed by atoms with E-state index in [1.807, 2.05) is 6.92 Å². The van der Waals surface area contributed by atoms with Crippen molar-refractivity contribution in [3.63, 3.8) is 0 Å². The lowest BCUT2D eigenvalue weighted by Gasteiger charge is -2.15. The first-order chi connectivity index (χ1) is 9.57. The summed E-state index contributed by atoms with van der Waals surface area (Å²) in [4.78, 5) is 23.4. The molecule has 0 radical (unpaired) electrons. The van der Waals surface area contributed by atoms with Gasteiger partial charge in [-0.3, -0.25) is 5.32 Å². The Labute approximate surface area is 118 Å². The SMILES string of the molecule is CCOC(=O)Nc1cc(OC)cc(CC)c1C(=O)OC. The molecule has 0 unspecified atom stereocenters. The molecule has 0 aliphatic rings. The molecule has 0 heterocycles. The number of carbonyl (C=O) groups excluding carboxylic acids is 2. The number of amides is 1. The van der Waals surface area contributed by atoms with Crippen LogP contribution in [-0.2, 0) is 15.9 Å². The van der Waals surface area contributed by atoms with Crippen LogP contribution in [0.3, 0.4) is 0 Å². The second-order valence-electron chi connectivity index (χ2n) is 3.90. The highest BCUT2D eigenvalue weighted by Crippen LogP contribution is 2.28. The molecule has 6 heteroatoms. The van der Waals surface area contributed by atoms with Crippen LogP contribution in [0.25, 0.3) is 0 Å².